The Kier molecular flexibility index (Phi) is 4.71. The average molecular weight is 278 g/mol. The van der Waals surface area contributed by atoms with Crippen LogP contribution < -0.4 is 10.6 Å². The van der Waals surface area contributed by atoms with Crippen LogP contribution in [0.15, 0.2) is 24.3 Å². The number of hydrogen-bond donors (Lipinski definition) is 2. The molecule has 1 aromatic carbocycles. The maximum absolute atomic E-state index is 13.4. The van der Waals surface area contributed by atoms with E-state index in [1.807, 2.05) is 0 Å². The van der Waals surface area contributed by atoms with Crippen LogP contribution in [-0.4, -0.2) is 17.9 Å². The van der Waals surface area contributed by atoms with Gasteiger partial charge in [-0.2, -0.15) is 0 Å². The van der Waals surface area contributed by atoms with Crippen LogP contribution in [0.2, 0.25) is 0 Å². The zero-order valence-corrected chi connectivity index (χ0v) is 11.5. The summed E-state index contributed by atoms with van der Waals surface area (Å²) in [6, 6.07) is 5.80. The van der Waals surface area contributed by atoms with Crippen molar-refractivity contribution >= 4 is 17.5 Å². The molecule has 108 valence electrons. The molecule has 20 heavy (non-hydrogen) atoms. The molecular formula is C15H19FN2O2. The number of nitrogens with one attached hydrogen (secondary N) is 2. The second kappa shape index (κ2) is 6.50. The van der Waals surface area contributed by atoms with Gasteiger partial charge in [0.05, 0.1) is 5.69 Å². The summed E-state index contributed by atoms with van der Waals surface area (Å²) in [6.07, 6.45) is 4.17. The van der Waals surface area contributed by atoms with Gasteiger partial charge < -0.3 is 10.6 Å². The largest absolute Gasteiger partial charge is 0.345 e. The number of benzene rings is 1. The van der Waals surface area contributed by atoms with E-state index in [2.05, 4.69) is 17.6 Å². The zero-order chi connectivity index (χ0) is 14.5. The average Bonchev–Trinajstić information content (AvgIpc) is 2.43. The third kappa shape index (κ3) is 3.56. The predicted octanol–water partition coefficient (Wildman–Crippen LogP) is 2.46. The van der Waals surface area contributed by atoms with Crippen molar-refractivity contribution in [2.45, 2.75) is 38.6 Å². The molecule has 0 heterocycles. The minimum Gasteiger partial charge on any atom is -0.345 e. The fraction of sp³-hybridized carbons (Fsp3) is 0.467. The lowest BCUT2D eigenvalue weighted by Crippen LogP contribution is -2.45. The van der Waals surface area contributed by atoms with Gasteiger partial charge in [0.15, 0.2) is 0 Å². The number of amides is 2. The number of rotatable bonds is 2. The Hall–Kier alpha value is -1.91. The number of halogens is 1. The lowest BCUT2D eigenvalue weighted by molar-refractivity contribution is -0.137. The Bertz CT molecular complexity index is 504. The third-order valence-corrected chi connectivity index (χ3v) is 3.76. The summed E-state index contributed by atoms with van der Waals surface area (Å²) < 4.78 is 13.4. The molecule has 0 saturated heterocycles. The number of hydrogen-bond acceptors (Lipinski definition) is 2. The molecule has 2 N–H and O–H groups in total. The quantitative estimate of drug-likeness (QED) is 0.816. The van der Waals surface area contributed by atoms with E-state index < -0.39 is 17.6 Å². The fourth-order valence-corrected chi connectivity index (χ4v) is 2.51. The molecule has 2 atom stereocenters. The molecule has 2 rings (SSSR count). The van der Waals surface area contributed by atoms with Crippen LogP contribution in [-0.2, 0) is 9.59 Å². The number of carbonyl (C=O) groups excluding carboxylic acids is 2. The maximum Gasteiger partial charge on any atom is 0.313 e. The lowest BCUT2D eigenvalue weighted by Gasteiger charge is -2.29. The minimum atomic E-state index is -0.826. The van der Waals surface area contributed by atoms with Gasteiger partial charge in [0.1, 0.15) is 5.82 Å². The van der Waals surface area contributed by atoms with E-state index in [-0.39, 0.29) is 11.7 Å². The highest BCUT2D eigenvalue weighted by Gasteiger charge is 2.25. The van der Waals surface area contributed by atoms with Crippen LogP contribution in [0.3, 0.4) is 0 Å². The number of carbonyl (C=O) groups is 2. The van der Waals surface area contributed by atoms with Crippen molar-refractivity contribution in [1.29, 1.82) is 0 Å². The first-order valence-electron chi connectivity index (χ1n) is 6.94. The van der Waals surface area contributed by atoms with E-state index in [9.17, 15) is 14.0 Å². The monoisotopic (exact) mass is 278 g/mol. The van der Waals surface area contributed by atoms with Gasteiger partial charge in [0.25, 0.3) is 0 Å². The Morgan fingerprint density at radius 2 is 1.85 bits per heavy atom. The highest BCUT2D eigenvalue weighted by atomic mass is 19.1. The molecule has 0 aromatic heterocycles. The molecule has 2 amide bonds. The second-order valence-electron chi connectivity index (χ2n) is 5.28. The zero-order valence-electron chi connectivity index (χ0n) is 11.5. The van der Waals surface area contributed by atoms with Crippen molar-refractivity contribution in [3.63, 3.8) is 0 Å². The van der Waals surface area contributed by atoms with Gasteiger partial charge in [-0.05, 0) is 30.9 Å². The Labute approximate surface area is 117 Å². The molecule has 1 aromatic rings. The summed E-state index contributed by atoms with van der Waals surface area (Å²) >= 11 is 0. The number of anilines is 1. The highest BCUT2D eigenvalue weighted by Crippen LogP contribution is 2.23. The van der Waals surface area contributed by atoms with Crippen LogP contribution in [0, 0.1) is 11.7 Å². The molecule has 0 aliphatic heterocycles. The Balaban J connectivity index is 1.92. The van der Waals surface area contributed by atoms with Crippen LogP contribution in [0.1, 0.15) is 32.6 Å². The molecule has 1 aliphatic carbocycles. The van der Waals surface area contributed by atoms with E-state index in [0.717, 1.165) is 25.7 Å². The maximum atomic E-state index is 13.4. The first-order chi connectivity index (χ1) is 9.58. The molecule has 2 unspecified atom stereocenters. The van der Waals surface area contributed by atoms with Gasteiger partial charge >= 0.3 is 11.8 Å². The second-order valence-corrected chi connectivity index (χ2v) is 5.28. The normalized spacial score (nSPS) is 22.1. The van der Waals surface area contributed by atoms with Gasteiger partial charge in [-0.3, -0.25) is 9.59 Å². The van der Waals surface area contributed by atoms with Gasteiger partial charge in [-0.25, -0.2) is 4.39 Å². The first kappa shape index (κ1) is 14.5. The fourth-order valence-electron chi connectivity index (χ4n) is 2.51. The summed E-state index contributed by atoms with van der Waals surface area (Å²) in [5.41, 5.74) is 0.0179. The summed E-state index contributed by atoms with van der Waals surface area (Å²) in [5, 5.41) is 5.02. The van der Waals surface area contributed by atoms with Gasteiger partial charge in [-0.1, -0.05) is 31.9 Å². The molecule has 1 saturated carbocycles. The van der Waals surface area contributed by atoms with Crippen molar-refractivity contribution in [2.24, 2.45) is 5.92 Å². The van der Waals surface area contributed by atoms with Crippen LogP contribution in [0.25, 0.3) is 0 Å². The lowest BCUT2D eigenvalue weighted by atomic mass is 9.86. The third-order valence-electron chi connectivity index (χ3n) is 3.76. The van der Waals surface area contributed by atoms with E-state index >= 15 is 0 Å². The molecule has 0 spiro atoms. The predicted molar refractivity (Wildman–Crippen MR) is 74.6 cm³/mol. The highest BCUT2D eigenvalue weighted by molar-refractivity contribution is 6.39. The number of para-hydroxylation sites is 1. The summed E-state index contributed by atoms with van der Waals surface area (Å²) in [7, 11) is 0. The minimum absolute atomic E-state index is 0.0179. The smallest absolute Gasteiger partial charge is 0.313 e. The van der Waals surface area contributed by atoms with Crippen molar-refractivity contribution < 1.29 is 14.0 Å². The van der Waals surface area contributed by atoms with Crippen LogP contribution in [0.5, 0.6) is 0 Å². The van der Waals surface area contributed by atoms with E-state index in [4.69, 9.17) is 0 Å². The van der Waals surface area contributed by atoms with Gasteiger partial charge in [0.2, 0.25) is 0 Å². The van der Waals surface area contributed by atoms with E-state index in [1.54, 1.807) is 6.07 Å². The summed E-state index contributed by atoms with van der Waals surface area (Å²) in [5.74, 6) is -1.71. The molecule has 0 bridgehead atoms. The van der Waals surface area contributed by atoms with Crippen LogP contribution >= 0.6 is 0 Å². The van der Waals surface area contributed by atoms with Gasteiger partial charge in [0, 0.05) is 6.04 Å². The van der Waals surface area contributed by atoms with E-state index in [0.29, 0.717) is 5.92 Å². The summed E-state index contributed by atoms with van der Waals surface area (Å²) in [4.78, 5) is 23.6. The molecule has 4 nitrogen and oxygen atoms in total. The first-order valence-corrected chi connectivity index (χ1v) is 6.94. The van der Waals surface area contributed by atoms with Crippen LogP contribution in [0.4, 0.5) is 10.1 Å². The molecular weight excluding hydrogens is 259 g/mol. The van der Waals surface area contributed by atoms with E-state index in [1.165, 1.54) is 18.2 Å². The molecule has 0 radical (unpaired) electrons. The van der Waals surface area contributed by atoms with Crippen molar-refractivity contribution in [1.82, 2.24) is 5.32 Å². The topological polar surface area (TPSA) is 58.2 Å². The van der Waals surface area contributed by atoms with Crippen molar-refractivity contribution in [3.8, 4) is 0 Å². The van der Waals surface area contributed by atoms with Crippen molar-refractivity contribution in [2.75, 3.05) is 5.32 Å². The summed E-state index contributed by atoms with van der Waals surface area (Å²) in [6.45, 7) is 2.07. The Morgan fingerprint density at radius 1 is 1.15 bits per heavy atom. The molecule has 1 aliphatic rings. The Morgan fingerprint density at radius 3 is 2.55 bits per heavy atom. The molecule has 5 heteroatoms. The molecule has 1 fully saturated rings. The standard InChI is InChI=1S/C15H19FN2O2/c1-10-6-2-4-8-12(10)17-14(19)15(20)18-13-9-5-3-7-11(13)16/h3,5,7,9-10,12H,2,4,6,8H2,1H3,(H,17,19)(H,18,20). The van der Waals surface area contributed by atoms with Gasteiger partial charge in [-0.15, -0.1) is 0 Å². The van der Waals surface area contributed by atoms with Crippen molar-refractivity contribution in [3.05, 3.63) is 30.1 Å². The SMILES string of the molecule is CC1CCCCC1NC(=O)C(=O)Nc1ccccc1F.